The van der Waals surface area contributed by atoms with E-state index < -0.39 is 11.9 Å². The zero-order chi connectivity index (χ0) is 19.4. The number of ether oxygens (including phenoxy) is 3. The molecule has 0 fully saturated rings. The summed E-state index contributed by atoms with van der Waals surface area (Å²) >= 11 is 0. The Morgan fingerprint density at radius 2 is 2.04 bits per heavy atom. The van der Waals surface area contributed by atoms with Gasteiger partial charge in [0, 0.05) is 24.1 Å². The third-order valence-electron chi connectivity index (χ3n) is 3.73. The summed E-state index contributed by atoms with van der Waals surface area (Å²) in [5, 5.41) is 0. The molecule has 138 valence electrons. The number of carbonyl (C=O) groups excluding carboxylic acids is 2. The van der Waals surface area contributed by atoms with Gasteiger partial charge in [0.15, 0.2) is 5.70 Å². The summed E-state index contributed by atoms with van der Waals surface area (Å²) in [6.45, 7) is 5.60. The Morgan fingerprint density at radius 3 is 2.74 bits per heavy atom. The van der Waals surface area contributed by atoms with Gasteiger partial charge in [-0.2, -0.15) is 0 Å². The quantitative estimate of drug-likeness (QED) is 0.459. The minimum absolute atomic E-state index is 0.129. The van der Waals surface area contributed by atoms with Gasteiger partial charge in [-0.1, -0.05) is 17.7 Å². The minimum Gasteiger partial charge on any atom is -0.494 e. The summed E-state index contributed by atoms with van der Waals surface area (Å²) in [6, 6.07) is 12.6. The standard InChI is InChI=1S/C21H19NO5/c1-4-25-17-9-8-15(19(12-17)26-14(3)23)11-18-21(24)27-20(22-18)16-7-5-6-13(2)10-16/h5-12H,4H2,1-3H3. The van der Waals surface area contributed by atoms with E-state index in [-0.39, 0.29) is 17.3 Å². The van der Waals surface area contributed by atoms with Crippen molar-refractivity contribution in [2.75, 3.05) is 6.61 Å². The highest BCUT2D eigenvalue weighted by molar-refractivity contribution is 6.13. The lowest BCUT2D eigenvalue weighted by Gasteiger charge is -2.09. The van der Waals surface area contributed by atoms with Crippen molar-refractivity contribution in [3.63, 3.8) is 0 Å². The second-order valence-electron chi connectivity index (χ2n) is 5.93. The van der Waals surface area contributed by atoms with Crippen molar-refractivity contribution < 1.29 is 23.8 Å². The van der Waals surface area contributed by atoms with Gasteiger partial charge >= 0.3 is 11.9 Å². The Morgan fingerprint density at radius 1 is 1.22 bits per heavy atom. The molecule has 2 aromatic carbocycles. The SMILES string of the molecule is CCOc1ccc(C=C2N=C(c3cccc(C)c3)OC2=O)c(OC(C)=O)c1. The fourth-order valence-corrected chi connectivity index (χ4v) is 2.59. The van der Waals surface area contributed by atoms with Gasteiger partial charge in [0.05, 0.1) is 6.61 Å². The molecule has 2 aromatic rings. The molecule has 0 atom stereocenters. The molecule has 0 spiro atoms. The first kappa shape index (κ1) is 18.4. The van der Waals surface area contributed by atoms with Crippen molar-refractivity contribution in [1.82, 2.24) is 0 Å². The number of aliphatic imine (C=N–C) groups is 1. The third-order valence-corrected chi connectivity index (χ3v) is 3.73. The van der Waals surface area contributed by atoms with Crippen LogP contribution in [-0.4, -0.2) is 24.4 Å². The lowest BCUT2D eigenvalue weighted by Crippen LogP contribution is -2.06. The van der Waals surface area contributed by atoms with E-state index in [0.717, 1.165) is 11.1 Å². The molecule has 27 heavy (non-hydrogen) atoms. The largest absolute Gasteiger partial charge is 0.494 e. The van der Waals surface area contributed by atoms with Gasteiger partial charge in [0.2, 0.25) is 5.90 Å². The topological polar surface area (TPSA) is 74.2 Å². The maximum atomic E-state index is 12.2. The van der Waals surface area contributed by atoms with Crippen molar-refractivity contribution in [2.45, 2.75) is 20.8 Å². The third kappa shape index (κ3) is 4.41. The molecular formula is C21H19NO5. The van der Waals surface area contributed by atoms with E-state index in [2.05, 4.69) is 4.99 Å². The zero-order valence-electron chi connectivity index (χ0n) is 15.3. The van der Waals surface area contributed by atoms with E-state index in [1.54, 1.807) is 18.2 Å². The van der Waals surface area contributed by atoms with Crippen molar-refractivity contribution in [3.05, 3.63) is 64.9 Å². The predicted octanol–water partition coefficient (Wildman–Crippen LogP) is 3.66. The highest BCUT2D eigenvalue weighted by Gasteiger charge is 2.24. The highest BCUT2D eigenvalue weighted by Crippen LogP contribution is 2.29. The van der Waals surface area contributed by atoms with E-state index in [0.29, 0.717) is 17.9 Å². The number of hydrogen-bond donors (Lipinski definition) is 0. The van der Waals surface area contributed by atoms with Gasteiger partial charge in [0.25, 0.3) is 0 Å². The number of aryl methyl sites for hydroxylation is 1. The van der Waals surface area contributed by atoms with Crippen LogP contribution in [0.5, 0.6) is 11.5 Å². The van der Waals surface area contributed by atoms with Crippen LogP contribution >= 0.6 is 0 Å². The number of nitrogens with zero attached hydrogens (tertiary/aromatic N) is 1. The van der Waals surface area contributed by atoms with Crippen molar-refractivity contribution in [3.8, 4) is 11.5 Å². The summed E-state index contributed by atoms with van der Waals surface area (Å²) in [5.41, 5.74) is 2.41. The molecule has 1 aliphatic rings. The number of cyclic esters (lactones) is 1. The summed E-state index contributed by atoms with van der Waals surface area (Å²) in [7, 11) is 0. The van der Waals surface area contributed by atoms with E-state index in [1.807, 2.05) is 38.1 Å². The Bertz CT molecular complexity index is 959. The van der Waals surface area contributed by atoms with E-state index >= 15 is 0 Å². The first-order valence-corrected chi connectivity index (χ1v) is 8.51. The average Bonchev–Trinajstić information content (AvgIpc) is 2.98. The van der Waals surface area contributed by atoms with Crippen LogP contribution in [0.3, 0.4) is 0 Å². The predicted molar refractivity (Wildman–Crippen MR) is 101 cm³/mol. The average molecular weight is 365 g/mol. The van der Waals surface area contributed by atoms with Crippen LogP contribution in [0.25, 0.3) is 6.08 Å². The molecule has 1 heterocycles. The molecule has 0 radical (unpaired) electrons. The van der Waals surface area contributed by atoms with E-state index in [1.165, 1.54) is 13.0 Å². The second kappa shape index (κ2) is 7.86. The van der Waals surface area contributed by atoms with E-state index in [9.17, 15) is 9.59 Å². The van der Waals surface area contributed by atoms with Crippen LogP contribution in [0.2, 0.25) is 0 Å². The molecule has 0 unspecified atom stereocenters. The molecule has 0 amide bonds. The number of carbonyl (C=O) groups is 2. The maximum Gasteiger partial charge on any atom is 0.363 e. The van der Waals surface area contributed by atoms with Crippen molar-refractivity contribution in [2.24, 2.45) is 4.99 Å². The molecule has 1 aliphatic heterocycles. The van der Waals surface area contributed by atoms with Gasteiger partial charge in [-0.15, -0.1) is 0 Å². The normalized spacial score (nSPS) is 14.7. The van der Waals surface area contributed by atoms with Crippen molar-refractivity contribution >= 4 is 23.9 Å². The number of esters is 2. The van der Waals surface area contributed by atoms with Gasteiger partial charge < -0.3 is 14.2 Å². The zero-order valence-corrected chi connectivity index (χ0v) is 15.3. The monoisotopic (exact) mass is 365 g/mol. The van der Waals surface area contributed by atoms with Crippen LogP contribution in [0.15, 0.2) is 53.2 Å². The Balaban J connectivity index is 1.97. The van der Waals surface area contributed by atoms with Gasteiger partial charge in [0.1, 0.15) is 11.5 Å². The first-order valence-electron chi connectivity index (χ1n) is 8.51. The Hall–Kier alpha value is -3.41. The summed E-state index contributed by atoms with van der Waals surface area (Å²) in [6.07, 6.45) is 1.53. The van der Waals surface area contributed by atoms with Crippen LogP contribution in [0, 0.1) is 6.92 Å². The molecule has 3 rings (SSSR count). The molecule has 6 heteroatoms. The summed E-state index contributed by atoms with van der Waals surface area (Å²) < 4.78 is 16.0. The summed E-state index contributed by atoms with van der Waals surface area (Å²) in [4.78, 5) is 27.9. The maximum absolute atomic E-state index is 12.2. The van der Waals surface area contributed by atoms with Crippen molar-refractivity contribution in [1.29, 1.82) is 0 Å². The summed E-state index contributed by atoms with van der Waals surface area (Å²) in [5.74, 6) is 0.0622. The van der Waals surface area contributed by atoms with Crippen LogP contribution in [0.4, 0.5) is 0 Å². The van der Waals surface area contributed by atoms with Crippen LogP contribution in [-0.2, 0) is 14.3 Å². The molecule has 0 bridgehead atoms. The number of rotatable bonds is 5. The Labute approximate surface area is 157 Å². The molecule has 0 aliphatic carbocycles. The van der Waals surface area contributed by atoms with E-state index in [4.69, 9.17) is 14.2 Å². The minimum atomic E-state index is -0.561. The van der Waals surface area contributed by atoms with Crippen LogP contribution < -0.4 is 9.47 Å². The van der Waals surface area contributed by atoms with Gasteiger partial charge in [-0.25, -0.2) is 9.79 Å². The molecule has 0 saturated carbocycles. The Kier molecular flexibility index (Phi) is 5.35. The molecule has 6 nitrogen and oxygen atoms in total. The fourth-order valence-electron chi connectivity index (χ4n) is 2.59. The fraction of sp³-hybridized carbons (Fsp3) is 0.190. The second-order valence-corrected chi connectivity index (χ2v) is 5.93. The van der Waals surface area contributed by atoms with Gasteiger partial charge in [-0.05, 0) is 44.2 Å². The smallest absolute Gasteiger partial charge is 0.363 e. The highest BCUT2D eigenvalue weighted by atomic mass is 16.6. The molecule has 0 aromatic heterocycles. The molecule has 0 saturated heterocycles. The van der Waals surface area contributed by atoms with Crippen LogP contribution in [0.1, 0.15) is 30.5 Å². The first-order chi connectivity index (χ1) is 13.0. The molecular weight excluding hydrogens is 346 g/mol. The number of hydrogen-bond acceptors (Lipinski definition) is 6. The molecule has 0 N–H and O–H groups in total. The lowest BCUT2D eigenvalue weighted by molar-refractivity contribution is -0.132. The number of benzene rings is 2. The lowest BCUT2D eigenvalue weighted by atomic mass is 10.1. The van der Waals surface area contributed by atoms with Gasteiger partial charge in [-0.3, -0.25) is 4.79 Å².